The third-order valence-corrected chi connectivity index (χ3v) is 2.98. The van der Waals surface area contributed by atoms with Gasteiger partial charge in [0.2, 0.25) is 0 Å². The Morgan fingerprint density at radius 3 is 2.80 bits per heavy atom. The first-order valence-corrected chi connectivity index (χ1v) is 6.00. The zero-order valence-corrected chi connectivity index (χ0v) is 9.74. The highest BCUT2D eigenvalue weighted by Crippen LogP contribution is 2.41. The predicted octanol–water partition coefficient (Wildman–Crippen LogP) is 2.23. The van der Waals surface area contributed by atoms with Crippen LogP contribution in [0.3, 0.4) is 0 Å². The van der Waals surface area contributed by atoms with Gasteiger partial charge in [-0.1, -0.05) is 0 Å². The Kier molecular flexibility index (Phi) is 3.10. The highest BCUT2D eigenvalue weighted by atomic mass is 15.3. The van der Waals surface area contributed by atoms with Gasteiger partial charge < -0.3 is 5.73 Å². The van der Waals surface area contributed by atoms with E-state index in [9.17, 15) is 0 Å². The molecule has 1 aromatic heterocycles. The molecule has 0 bridgehead atoms. The van der Waals surface area contributed by atoms with Gasteiger partial charge in [-0.05, 0) is 51.6 Å². The van der Waals surface area contributed by atoms with Gasteiger partial charge in [0.15, 0.2) is 0 Å². The van der Waals surface area contributed by atoms with E-state index in [4.69, 9.17) is 10.8 Å². The molecule has 0 aliphatic heterocycles. The third kappa shape index (κ3) is 2.40. The van der Waals surface area contributed by atoms with Crippen molar-refractivity contribution in [3.05, 3.63) is 17.5 Å². The van der Waals surface area contributed by atoms with Gasteiger partial charge in [-0.3, -0.25) is 4.68 Å². The van der Waals surface area contributed by atoms with Crippen molar-refractivity contribution in [2.45, 2.75) is 51.5 Å². The number of aromatic nitrogens is 2. The van der Waals surface area contributed by atoms with E-state index in [-0.39, 0.29) is 0 Å². The molecular weight excluding hydrogens is 186 g/mol. The van der Waals surface area contributed by atoms with Crippen molar-refractivity contribution in [3.63, 3.8) is 0 Å². The molecule has 2 rings (SSSR count). The van der Waals surface area contributed by atoms with Crippen molar-refractivity contribution >= 4 is 0 Å². The van der Waals surface area contributed by atoms with Crippen LogP contribution < -0.4 is 5.73 Å². The van der Waals surface area contributed by atoms with E-state index in [1.54, 1.807) is 0 Å². The van der Waals surface area contributed by atoms with Crippen molar-refractivity contribution in [1.82, 2.24) is 9.78 Å². The summed E-state index contributed by atoms with van der Waals surface area (Å²) >= 11 is 0. The number of aryl methyl sites for hydroxylation is 1. The smallest absolute Gasteiger partial charge is 0.0687 e. The predicted molar refractivity (Wildman–Crippen MR) is 62.0 cm³/mol. The van der Waals surface area contributed by atoms with Crippen molar-refractivity contribution in [2.24, 2.45) is 5.73 Å². The molecule has 0 amide bonds. The lowest BCUT2D eigenvalue weighted by Gasteiger charge is -2.03. The molecule has 3 nitrogen and oxygen atoms in total. The van der Waals surface area contributed by atoms with Crippen LogP contribution in [0.25, 0.3) is 0 Å². The maximum absolute atomic E-state index is 5.56. The largest absolute Gasteiger partial charge is 0.330 e. The van der Waals surface area contributed by atoms with Crippen molar-refractivity contribution in [3.8, 4) is 0 Å². The third-order valence-electron chi connectivity index (χ3n) is 2.98. The molecule has 1 heterocycles. The van der Waals surface area contributed by atoms with Gasteiger partial charge in [-0.15, -0.1) is 0 Å². The summed E-state index contributed by atoms with van der Waals surface area (Å²) in [6.45, 7) is 5.13. The fraction of sp³-hybridized carbons (Fsp3) is 0.750. The molecule has 1 fully saturated rings. The molecule has 1 aromatic rings. The lowest BCUT2D eigenvalue weighted by molar-refractivity contribution is 0.526. The summed E-state index contributed by atoms with van der Waals surface area (Å²) < 4.78 is 2.10. The fourth-order valence-electron chi connectivity index (χ4n) is 1.89. The molecule has 0 spiro atoms. The lowest BCUT2D eigenvalue weighted by atomic mass is 10.1. The van der Waals surface area contributed by atoms with Crippen LogP contribution >= 0.6 is 0 Å². The molecule has 84 valence electrons. The zero-order chi connectivity index (χ0) is 10.8. The maximum Gasteiger partial charge on any atom is 0.0687 e. The second kappa shape index (κ2) is 4.35. The van der Waals surface area contributed by atoms with Crippen LogP contribution in [0.1, 0.15) is 56.3 Å². The Morgan fingerprint density at radius 2 is 2.27 bits per heavy atom. The van der Waals surface area contributed by atoms with Crippen molar-refractivity contribution in [2.75, 3.05) is 6.54 Å². The normalized spacial score (nSPS) is 16.3. The Balaban J connectivity index is 2.17. The van der Waals surface area contributed by atoms with Crippen LogP contribution in [0.5, 0.6) is 0 Å². The van der Waals surface area contributed by atoms with Gasteiger partial charge in [-0.25, -0.2) is 0 Å². The van der Waals surface area contributed by atoms with E-state index >= 15 is 0 Å². The van der Waals surface area contributed by atoms with Crippen LogP contribution in [0, 0.1) is 0 Å². The SMILES string of the molecule is CC(C)n1cc(CCCN)c(C2CC2)n1. The second-order valence-corrected chi connectivity index (χ2v) is 4.78. The van der Waals surface area contributed by atoms with Crippen LogP contribution in [0.2, 0.25) is 0 Å². The van der Waals surface area contributed by atoms with E-state index in [1.807, 2.05) is 0 Å². The molecule has 0 unspecified atom stereocenters. The highest BCUT2D eigenvalue weighted by Gasteiger charge is 2.29. The number of rotatable bonds is 5. The monoisotopic (exact) mass is 207 g/mol. The van der Waals surface area contributed by atoms with Gasteiger partial charge in [0.1, 0.15) is 0 Å². The summed E-state index contributed by atoms with van der Waals surface area (Å²) in [4.78, 5) is 0. The highest BCUT2D eigenvalue weighted by molar-refractivity contribution is 5.25. The molecule has 0 radical (unpaired) electrons. The summed E-state index contributed by atoms with van der Waals surface area (Å²) in [5, 5.41) is 4.70. The molecule has 15 heavy (non-hydrogen) atoms. The summed E-state index contributed by atoms with van der Waals surface area (Å²) in [6, 6.07) is 0.467. The number of nitrogens with zero attached hydrogens (tertiary/aromatic N) is 2. The van der Waals surface area contributed by atoms with Gasteiger partial charge in [0.05, 0.1) is 5.69 Å². The summed E-state index contributed by atoms with van der Waals surface area (Å²) in [6.07, 6.45) is 7.03. The minimum atomic E-state index is 0.467. The molecule has 2 N–H and O–H groups in total. The molecule has 1 aliphatic rings. The van der Waals surface area contributed by atoms with E-state index in [0.717, 1.165) is 25.3 Å². The van der Waals surface area contributed by atoms with Gasteiger partial charge in [-0.2, -0.15) is 5.10 Å². The second-order valence-electron chi connectivity index (χ2n) is 4.78. The first-order chi connectivity index (χ1) is 7.22. The summed E-state index contributed by atoms with van der Waals surface area (Å²) in [5.74, 6) is 0.748. The zero-order valence-electron chi connectivity index (χ0n) is 9.74. The van der Waals surface area contributed by atoms with Crippen LogP contribution in [0.4, 0.5) is 0 Å². The first-order valence-electron chi connectivity index (χ1n) is 6.00. The number of hydrogen-bond acceptors (Lipinski definition) is 2. The molecule has 0 atom stereocenters. The minimum Gasteiger partial charge on any atom is -0.330 e. The minimum absolute atomic E-state index is 0.467. The van der Waals surface area contributed by atoms with Crippen molar-refractivity contribution in [1.29, 1.82) is 0 Å². The average molecular weight is 207 g/mol. The topological polar surface area (TPSA) is 43.8 Å². The Morgan fingerprint density at radius 1 is 1.53 bits per heavy atom. The van der Waals surface area contributed by atoms with E-state index in [1.165, 1.54) is 24.1 Å². The number of hydrogen-bond donors (Lipinski definition) is 1. The summed E-state index contributed by atoms with van der Waals surface area (Å²) in [7, 11) is 0. The molecule has 0 aromatic carbocycles. The van der Waals surface area contributed by atoms with Crippen LogP contribution in [-0.4, -0.2) is 16.3 Å². The van der Waals surface area contributed by atoms with E-state index in [2.05, 4.69) is 24.7 Å². The molecule has 3 heteroatoms. The van der Waals surface area contributed by atoms with E-state index in [0.29, 0.717) is 6.04 Å². The van der Waals surface area contributed by atoms with E-state index < -0.39 is 0 Å². The van der Waals surface area contributed by atoms with Crippen molar-refractivity contribution < 1.29 is 0 Å². The first kappa shape index (κ1) is 10.7. The number of nitrogens with two attached hydrogens (primary N) is 1. The van der Waals surface area contributed by atoms with Crippen LogP contribution in [-0.2, 0) is 6.42 Å². The van der Waals surface area contributed by atoms with Crippen LogP contribution in [0.15, 0.2) is 6.20 Å². The quantitative estimate of drug-likeness (QED) is 0.804. The Bertz CT molecular complexity index is 324. The van der Waals surface area contributed by atoms with Gasteiger partial charge in [0, 0.05) is 18.2 Å². The van der Waals surface area contributed by atoms with Gasteiger partial charge >= 0.3 is 0 Å². The Hall–Kier alpha value is -0.830. The molecule has 1 saturated carbocycles. The standard InChI is InChI=1S/C12H21N3/c1-9(2)15-8-11(4-3-7-13)12(14-15)10-5-6-10/h8-10H,3-7,13H2,1-2H3. The Labute approximate surface area is 91.7 Å². The maximum atomic E-state index is 5.56. The molecule has 0 saturated heterocycles. The lowest BCUT2D eigenvalue weighted by Crippen LogP contribution is -2.01. The average Bonchev–Trinajstić information content (AvgIpc) is 2.95. The summed E-state index contributed by atoms with van der Waals surface area (Å²) in [5.41, 5.74) is 8.33. The van der Waals surface area contributed by atoms with Gasteiger partial charge in [0.25, 0.3) is 0 Å². The molecular formula is C12H21N3. The fourth-order valence-corrected chi connectivity index (χ4v) is 1.89. The molecule has 1 aliphatic carbocycles.